The molecule has 0 unspecified atom stereocenters. The molecule has 142 valence electrons. The molecule has 2 aliphatic heterocycles. The fourth-order valence-corrected chi connectivity index (χ4v) is 5.40. The van der Waals surface area contributed by atoms with Crippen LogP contribution >= 0.6 is 0 Å². The number of benzene rings is 2. The van der Waals surface area contributed by atoms with E-state index in [2.05, 4.69) is 65.3 Å². The maximum absolute atomic E-state index is 6.35. The van der Waals surface area contributed by atoms with Crippen LogP contribution in [0.4, 0.5) is 5.69 Å². The highest BCUT2D eigenvalue weighted by Crippen LogP contribution is 2.47. The monoisotopic (exact) mass is 362 g/mol. The van der Waals surface area contributed by atoms with Gasteiger partial charge in [0.1, 0.15) is 0 Å². The maximum atomic E-state index is 6.35. The second-order valence-electron chi connectivity index (χ2n) is 8.53. The van der Waals surface area contributed by atoms with Gasteiger partial charge >= 0.3 is 0 Å². The first-order valence-electron chi connectivity index (χ1n) is 10.5. The number of fused-ring (bicyclic) bond motifs is 2. The minimum atomic E-state index is 0.0104. The zero-order valence-electron chi connectivity index (χ0n) is 16.4. The number of piperazine rings is 1. The van der Waals surface area contributed by atoms with Crippen molar-refractivity contribution in [1.82, 2.24) is 4.90 Å². The largest absolute Gasteiger partial charge is 0.369 e. The lowest BCUT2D eigenvalue weighted by atomic mass is 9.77. The van der Waals surface area contributed by atoms with Crippen LogP contribution in [0.5, 0.6) is 0 Å². The van der Waals surface area contributed by atoms with E-state index in [-0.39, 0.29) is 5.60 Å². The highest BCUT2D eigenvalue weighted by Gasteiger charge is 2.43. The highest BCUT2D eigenvalue weighted by molar-refractivity contribution is 5.48. The minimum Gasteiger partial charge on any atom is -0.369 e. The summed E-state index contributed by atoms with van der Waals surface area (Å²) in [4.78, 5) is 5.28. The lowest BCUT2D eigenvalue weighted by Gasteiger charge is -2.45. The van der Waals surface area contributed by atoms with E-state index in [9.17, 15) is 0 Å². The summed E-state index contributed by atoms with van der Waals surface area (Å²) in [6, 6.07) is 18.5. The van der Waals surface area contributed by atoms with E-state index < -0.39 is 0 Å². The van der Waals surface area contributed by atoms with Crippen molar-refractivity contribution in [2.45, 2.75) is 50.9 Å². The van der Waals surface area contributed by atoms with E-state index in [4.69, 9.17) is 4.74 Å². The molecule has 3 heteroatoms. The van der Waals surface area contributed by atoms with Gasteiger partial charge in [-0.2, -0.15) is 0 Å². The maximum Gasteiger partial charge on any atom is 0.0940 e. The topological polar surface area (TPSA) is 15.7 Å². The van der Waals surface area contributed by atoms with E-state index in [1.807, 2.05) is 0 Å². The van der Waals surface area contributed by atoms with Gasteiger partial charge in [-0.15, -0.1) is 0 Å². The Bertz CT molecular complexity index is 802. The van der Waals surface area contributed by atoms with Gasteiger partial charge in [-0.25, -0.2) is 0 Å². The number of nitrogens with zero attached hydrogens (tertiary/aromatic N) is 2. The molecular weight excluding hydrogens is 332 g/mol. The van der Waals surface area contributed by atoms with Crippen LogP contribution in [0.25, 0.3) is 0 Å². The Morgan fingerprint density at radius 1 is 0.926 bits per heavy atom. The zero-order valence-corrected chi connectivity index (χ0v) is 16.4. The Balaban J connectivity index is 1.20. The molecule has 27 heavy (non-hydrogen) atoms. The molecule has 0 atom stereocenters. The van der Waals surface area contributed by atoms with Crippen molar-refractivity contribution in [2.75, 3.05) is 31.1 Å². The van der Waals surface area contributed by atoms with Crippen LogP contribution in [0.2, 0.25) is 0 Å². The van der Waals surface area contributed by atoms with Crippen LogP contribution in [-0.4, -0.2) is 37.1 Å². The fourth-order valence-electron chi connectivity index (χ4n) is 5.40. The summed E-state index contributed by atoms with van der Waals surface area (Å²) in [5.41, 5.74) is 5.62. The Kier molecular flexibility index (Phi) is 4.45. The normalized spacial score (nSPS) is 28.5. The van der Waals surface area contributed by atoms with Crippen LogP contribution in [-0.2, 0) is 16.9 Å². The Hall–Kier alpha value is -1.84. The number of anilines is 1. The molecule has 1 saturated heterocycles. The molecule has 2 heterocycles. The molecule has 0 bridgehead atoms. The molecule has 0 amide bonds. The second kappa shape index (κ2) is 6.96. The third-order valence-corrected chi connectivity index (χ3v) is 6.97. The van der Waals surface area contributed by atoms with Crippen molar-refractivity contribution >= 4 is 5.69 Å². The molecule has 2 aromatic carbocycles. The average molecular weight is 363 g/mol. The Morgan fingerprint density at radius 3 is 2.48 bits per heavy atom. The third kappa shape index (κ3) is 3.17. The number of hydrogen-bond donors (Lipinski definition) is 0. The van der Waals surface area contributed by atoms with Crippen molar-refractivity contribution < 1.29 is 4.74 Å². The fraction of sp³-hybridized carbons (Fsp3) is 0.500. The molecule has 1 saturated carbocycles. The van der Waals surface area contributed by atoms with Crippen LogP contribution in [0.1, 0.15) is 42.4 Å². The SMILES string of the molecule is Cc1cccc(N2CCN(C3CCC4(CC3)OCc3ccccc34)CC2)c1. The quantitative estimate of drug-likeness (QED) is 0.783. The van der Waals surface area contributed by atoms with Crippen LogP contribution in [0, 0.1) is 6.92 Å². The minimum absolute atomic E-state index is 0.0104. The molecule has 0 aromatic heterocycles. The van der Waals surface area contributed by atoms with Gasteiger partial charge in [0.05, 0.1) is 12.2 Å². The molecule has 0 radical (unpaired) electrons. The molecule has 3 nitrogen and oxygen atoms in total. The van der Waals surface area contributed by atoms with Gasteiger partial charge in [0.25, 0.3) is 0 Å². The second-order valence-corrected chi connectivity index (χ2v) is 8.53. The summed E-state index contributed by atoms with van der Waals surface area (Å²) in [5, 5.41) is 0. The first-order valence-corrected chi connectivity index (χ1v) is 10.5. The molecule has 0 N–H and O–H groups in total. The van der Waals surface area contributed by atoms with E-state index in [1.165, 1.54) is 61.2 Å². The van der Waals surface area contributed by atoms with E-state index in [0.29, 0.717) is 0 Å². The first-order chi connectivity index (χ1) is 13.2. The van der Waals surface area contributed by atoms with Gasteiger partial charge in [-0.05, 0) is 61.4 Å². The number of aryl methyl sites for hydroxylation is 1. The smallest absolute Gasteiger partial charge is 0.0940 e. The zero-order chi connectivity index (χ0) is 18.3. The van der Waals surface area contributed by atoms with Crippen molar-refractivity contribution in [2.24, 2.45) is 0 Å². The lowest BCUT2D eigenvalue weighted by Crippen LogP contribution is -2.52. The van der Waals surface area contributed by atoms with E-state index >= 15 is 0 Å². The molecule has 3 aliphatic rings. The molecule has 2 fully saturated rings. The summed E-state index contributed by atoms with van der Waals surface area (Å²) >= 11 is 0. The highest BCUT2D eigenvalue weighted by atomic mass is 16.5. The van der Waals surface area contributed by atoms with Crippen molar-refractivity contribution in [3.63, 3.8) is 0 Å². The Labute approximate surface area is 162 Å². The number of ether oxygens (including phenoxy) is 1. The average Bonchev–Trinajstić information content (AvgIpc) is 3.07. The summed E-state index contributed by atoms with van der Waals surface area (Å²) < 4.78 is 6.35. The lowest BCUT2D eigenvalue weighted by molar-refractivity contribution is -0.0777. The molecular formula is C24H30N2O. The van der Waals surface area contributed by atoms with Gasteiger partial charge in [0, 0.05) is 37.9 Å². The summed E-state index contributed by atoms with van der Waals surface area (Å²) in [6.45, 7) is 7.64. The summed E-state index contributed by atoms with van der Waals surface area (Å²) in [6.07, 6.45) is 4.87. The molecule has 1 spiro atoms. The van der Waals surface area contributed by atoms with Gasteiger partial charge in [-0.1, -0.05) is 36.4 Å². The van der Waals surface area contributed by atoms with Crippen LogP contribution < -0.4 is 4.90 Å². The van der Waals surface area contributed by atoms with Gasteiger partial charge in [0.15, 0.2) is 0 Å². The summed E-state index contributed by atoms with van der Waals surface area (Å²) in [5.74, 6) is 0. The van der Waals surface area contributed by atoms with Crippen molar-refractivity contribution in [3.05, 3.63) is 65.2 Å². The van der Waals surface area contributed by atoms with Crippen molar-refractivity contribution in [1.29, 1.82) is 0 Å². The predicted molar refractivity (Wildman–Crippen MR) is 110 cm³/mol. The number of hydrogen-bond acceptors (Lipinski definition) is 3. The van der Waals surface area contributed by atoms with Gasteiger partial charge < -0.3 is 9.64 Å². The Morgan fingerprint density at radius 2 is 1.70 bits per heavy atom. The number of rotatable bonds is 2. The van der Waals surface area contributed by atoms with E-state index in [0.717, 1.165) is 25.7 Å². The summed E-state index contributed by atoms with van der Waals surface area (Å²) in [7, 11) is 0. The predicted octanol–water partition coefficient (Wildman–Crippen LogP) is 4.49. The molecule has 2 aromatic rings. The van der Waals surface area contributed by atoms with Crippen molar-refractivity contribution in [3.8, 4) is 0 Å². The molecule has 1 aliphatic carbocycles. The van der Waals surface area contributed by atoms with E-state index in [1.54, 1.807) is 0 Å². The van der Waals surface area contributed by atoms with Crippen LogP contribution in [0.15, 0.2) is 48.5 Å². The van der Waals surface area contributed by atoms with Gasteiger partial charge in [-0.3, -0.25) is 4.90 Å². The third-order valence-electron chi connectivity index (χ3n) is 6.97. The molecule has 5 rings (SSSR count). The standard InChI is InChI=1S/C24H30N2O/c1-19-5-4-7-22(17-19)26-15-13-25(14-16-26)21-9-11-24(12-10-21)23-8-3-2-6-20(23)18-27-24/h2-8,17,21H,9-16,18H2,1H3. The van der Waals surface area contributed by atoms with Crippen LogP contribution in [0.3, 0.4) is 0 Å². The van der Waals surface area contributed by atoms with Gasteiger partial charge in [0.2, 0.25) is 0 Å². The first kappa shape index (κ1) is 17.3.